The molecule has 0 saturated carbocycles. The summed E-state index contributed by atoms with van der Waals surface area (Å²) in [6, 6.07) is 11.8. The van der Waals surface area contributed by atoms with Gasteiger partial charge in [0.25, 0.3) is 0 Å². The number of anilines is 1. The summed E-state index contributed by atoms with van der Waals surface area (Å²) in [5.41, 5.74) is 2.11. The van der Waals surface area contributed by atoms with Crippen LogP contribution in [0.1, 0.15) is 38.8 Å². The van der Waals surface area contributed by atoms with Crippen LogP contribution in [0.15, 0.2) is 42.5 Å². The lowest BCUT2D eigenvalue weighted by Gasteiger charge is -2.38. The molecular formula is C25H29N3O5. The summed E-state index contributed by atoms with van der Waals surface area (Å²) in [4.78, 5) is 33.3. The third-order valence-electron chi connectivity index (χ3n) is 5.96. The zero-order valence-corrected chi connectivity index (χ0v) is 19.3. The minimum atomic E-state index is -1.12. The fourth-order valence-corrected chi connectivity index (χ4v) is 4.34. The summed E-state index contributed by atoms with van der Waals surface area (Å²) in [5.74, 6) is -0.968. The average molecular weight is 452 g/mol. The zero-order valence-electron chi connectivity index (χ0n) is 19.3. The van der Waals surface area contributed by atoms with Crippen molar-refractivity contribution in [3.05, 3.63) is 48.0 Å². The Morgan fingerprint density at radius 2 is 1.97 bits per heavy atom. The Labute approximate surface area is 192 Å². The van der Waals surface area contributed by atoms with Crippen LogP contribution in [0.2, 0.25) is 0 Å². The van der Waals surface area contributed by atoms with Crippen molar-refractivity contribution in [2.24, 2.45) is 11.8 Å². The lowest BCUT2D eigenvalue weighted by atomic mass is 9.89. The lowest BCUT2D eigenvalue weighted by Crippen LogP contribution is -2.50. The van der Waals surface area contributed by atoms with Crippen LogP contribution in [0, 0.1) is 11.8 Å². The predicted molar refractivity (Wildman–Crippen MR) is 124 cm³/mol. The van der Waals surface area contributed by atoms with Gasteiger partial charge in [-0.1, -0.05) is 32.0 Å². The highest BCUT2D eigenvalue weighted by Crippen LogP contribution is 2.43. The van der Waals surface area contributed by atoms with Crippen LogP contribution in [0.5, 0.6) is 11.5 Å². The summed E-state index contributed by atoms with van der Waals surface area (Å²) in [6.07, 6.45) is 0.762. The number of phenols is 1. The number of aromatic nitrogens is 2. The number of methoxy groups -OCH3 is 1. The quantitative estimate of drug-likeness (QED) is 0.432. The van der Waals surface area contributed by atoms with E-state index in [9.17, 15) is 14.7 Å². The first kappa shape index (κ1) is 22.6. The van der Waals surface area contributed by atoms with Gasteiger partial charge in [-0.3, -0.25) is 14.5 Å². The Bertz CT molecular complexity index is 1190. The smallest absolute Gasteiger partial charge is 0.321 e. The van der Waals surface area contributed by atoms with Gasteiger partial charge in [-0.2, -0.15) is 0 Å². The van der Waals surface area contributed by atoms with E-state index in [1.807, 2.05) is 28.8 Å². The number of ether oxygens (including phenoxy) is 2. The number of imidazole rings is 1. The highest BCUT2D eigenvalue weighted by molar-refractivity contribution is 6.08. The van der Waals surface area contributed by atoms with Crippen molar-refractivity contribution in [3.63, 3.8) is 0 Å². The molecule has 1 aliphatic heterocycles. The molecule has 8 nitrogen and oxygen atoms in total. The van der Waals surface area contributed by atoms with Gasteiger partial charge >= 0.3 is 5.97 Å². The summed E-state index contributed by atoms with van der Waals surface area (Å²) >= 11 is 0. The molecule has 1 aliphatic rings. The van der Waals surface area contributed by atoms with Gasteiger partial charge < -0.3 is 19.1 Å². The maximum atomic E-state index is 13.8. The van der Waals surface area contributed by atoms with E-state index in [4.69, 9.17) is 14.5 Å². The molecule has 0 saturated heterocycles. The molecular weight excluding hydrogens is 422 g/mol. The largest absolute Gasteiger partial charge is 0.504 e. The number of phenolic OH excluding ortho intramolecular Hbond substituents is 1. The first-order chi connectivity index (χ1) is 15.9. The number of carbonyl (C=O) groups excluding carboxylic acids is 2. The van der Waals surface area contributed by atoms with Crippen molar-refractivity contribution in [3.8, 4) is 11.5 Å². The fourth-order valence-electron chi connectivity index (χ4n) is 4.34. The van der Waals surface area contributed by atoms with E-state index < -0.39 is 17.9 Å². The van der Waals surface area contributed by atoms with Crippen LogP contribution in [-0.4, -0.2) is 46.8 Å². The van der Waals surface area contributed by atoms with Crippen molar-refractivity contribution in [2.45, 2.75) is 33.2 Å². The monoisotopic (exact) mass is 451 g/mol. The van der Waals surface area contributed by atoms with Gasteiger partial charge in [0.05, 0.1) is 30.8 Å². The summed E-state index contributed by atoms with van der Waals surface area (Å²) in [5, 5.41) is 10.5. The van der Waals surface area contributed by atoms with E-state index in [1.165, 1.54) is 13.2 Å². The van der Waals surface area contributed by atoms with E-state index in [0.717, 1.165) is 17.5 Å². The second kappa shape index (κ2) is 9.13. The summed E-state index contributed by atoms with van der Waals surface area (Å²) in [7, 11) is 1.47. The predicted octanol–water partition coefficient (Wildman–Crippen LogP) is 3.91. The molecule has 0 bridgehead atoms. The van der Waals surface area contributed by atoms with Crippen LogP contribution in [0.3, 0.4) is 0 Å². The van der Waals surface area contributed by atoms with Gasteiger partial charge in [-0.05, 0) is 49.1 Å². The molecule has 1 amide bonds. The van der Waals surface area contributed by atoms with E-state index in [0.29, 0.717) is 29.7 Å². The van der Waals surface area contributed by atoms with E-state index in [1.54, 1.807) is 24.0 Å². The molecule has 3 aromatic rings. The third-order valence-corrected chi connectivity index (χ3v) is 5.96. The molecule has 2 unspecified atom stereocenters. The molecule has 33 heavy (non-hydrogen) atoms. The molecule has 174 valence electrons. The van der Waals surface area contributed by atoms with Crippen LogP contribution in [-0.2, 0) is 14.3 Å². The van der Waals surface area contributed by atoms with Crippen molar-refractivity contribution in [2.75, 3.05) is 25.2 Å². The zero-order chi connectivity index (χ0) is 23.7. The topological polar surface area (TPSA) is 93.9 Å². The summed E-state index contributed by atoms with van der Waals surface area (Å²) < 4.78 is 12.4. The number of rotatable bonds is 7. The molecule has 0 fully saturated rings. The number of para-hydroxylation sites is 2. The first-order valence-electron chi connectivity index (χ1n) is 11.2. The van der Waals surface area contributed by atoms with Crippen molar-refractivity contribution in [1.29, 1.82) is 0 Å². The Balaban J connectivity index is 1.96. The molecule has 8 heteroatoms. The Morgan fingerprint density at radius 1 is 1.21 bits per heavy atom. The highest BCUT2D eigenvalue weighted by Gasteiger charge is 2.47. The van der Waals surface area contributed by atoms with E-state index in [2.05, 4.69) is 13.8 Å². The molecule has 2 heterocycles. The number of hydrogen-bond donors (Lipinski definition) is 1. The van der Waals surface area contributed by atoms with Gasteiger partial charge in [0.2, 0.25) is 11.9 Å². The molecule has 0 radical (unpaired) electrons. The fraction of sp³-hybridized carbons (Fsp3) is 0.400. The van der Waals surface area contributed by atoms with E-state index in [-0.39, 0.29) is 18.3 Å². The number of carbonyl (C=O) groups is 2. The van der Waals surface area contributed by atoms with Crippen LogP contribution >= 0.6 is 0 Å². The number of esters is 1. The molecule has 2 atom stereocenters. The SMILES string of the molecule is CCOC(=O)C1C(=O)N(CCC(C)C)c2nc3ccccc3n2C1c1ccc(OC)c(O)c1. The number of nitrogens with zero attached hydrogens (tertiary/aromatic N) is 3. The number of fused-ring (bicyclic) bond motifs is 3. The van der Waals surface area contributed by atoms with Crippen molar-refractivity contribution in [1.82, 2.24) is 9.55 Å². The normalized spacial score (nSPS) is 18.0. The summed E-state index contributed by atoms with van der Waals surface area (Å²) in [6.45, 7) is 6.49. The maximum absolute atomic E-state index is 13.8. The van der Waals surface area contributed by atoms with Crippen molar-refractivity contribution >= 4 is 28.9 Å². The average Bonchev–Trinajstić information content (AvgIpc) is 3.16. The van der Waals surface area contributed by atoms with Gasteiger partial charge in [0.15, 0.2) is 17.4 Å². The minimum Gasteiger partial charge on any atom is -0.504 e. The molecule has 2 aromatic carbocycles. The number of amides is 1. The Hall–Kier alpha value is -3.55. The van der Waals surface area contributed by atoms with Gasteiger partial charge in [0, 0.05) is 6.54 Å². The van der Waals surface area contributed by atoms with Crippen molar-refractivity contribution < 1.29 is 24.2 Å². The van der Waals surface area contributed by atoms with Gasteiger partial charge in [-0.25, -0.2) is 4.98 Å². The maximum Gasteiger partial charge on any atom is 0.321 e. The standard InChI is InChI=1S/C25H29N3O5/c1-5-33-24(31)21-22(16-10-11-20(32-4)19(29)14-16)28-18-9-7-6-8-17(18)26-25(28)27(23(21)30)13-12-15(2)3/h6-11,14-15,21-22,29H,5,12-13H2,1-4H3. The van der Waals surface area contributed by atoms with Crippen LogP contribution in [0.25, 0.3) is 11.0 Å². The van der Waals surface area contributed by atoms with Gasteiger partial charge in [0.1, 0.15) is 0 Å². The highest BCUT2D eigenvalue weighted by atomic mass is 16.5. The number of aromatic hydroxyl groups is 1. The molecule has 4 rings (SSSR count). The lowest BCUT2D eigenvalue weighted by molar-refractivity contribution is -0.153. The minimum absolute atomic E-state index is 0.0710. The third kappa shape index (κ3) is 4.01. The van der Waals surface area contributed by atoms with E-state index >= 15 is 0 Å². The van der Waals surface area contributed by atoms with Gasteiger partial charge in [-0.15, -0.1) is 0 Å². The number of hydrogen-bond acceptors (Lipinski definition) is 6. The second-order valence-electron chi connectivity index (χ2n) is 8.55. The van der Waals surface area contributed by atoms with Crippen LogP contribution < -0.4 is 9.64 Å². The second-order valence-corrected chi connectivity index (χ2v) is 8.55. The van der Waals surface area contributed by atoms with Crippen LogP contribution in [0.4, 0.5) is 5.95 Å². The molecule has 1 N–H and O–H groups in total. The molecule has 0 spiro atoms. The number of benzene rings is 2. The Kier molecular flexibility index (Phi) is 6.26. The molecule has 0 aliphatic carbocycles. The molecule has 1 aromatic heterocycles. The Morgan fingerprint density at radius 3 is 2.64 bits per heavy atom. The first-order valence-corrected chi connectivity index (χ1v) is 11.2.